The van der Waals surface area contributed by atoms with E-state index in [1.807, 2.05) is 0 Å². The largest absolute Gasteiger partial charge is 0.433 e. The van der Waals surface area contributed by atoms with E-state index < -0.39 is 6.61 Å². The zero-order chi connectivity index (χ0) is 12.1. The number of nitrogens with zero attached hydrogens (tertiary/aromatic N) is 1. The molecule has 1 rings (SSSR count). The normalized spacial score (nSPS) is 10.3. The number of nitrogens with one attached hydrogen (secondary N) is 1. The number of aromatic nitrogens is 1. The molecule has 0 spiro atoms. The Morgan fingerprint density at radius 2 is 2.31 bits per heavy atom. The van der Waals surface area contributed by atoms with Gasteiger partial charge in [0.2, 0.25) is 0 Å². The zero-order valence-corrected chi connectivity index (χ0v) is 8.96. The molecule has 0 unspecified atom stereocenters. The van der Waals surface area contributed by atoms with Crippen LogP contribution in [0.1, 0.15) is 23.0 Å². The third-order valence-corrected chi connectivity index (χ3v) is 1.83. The van der Waals surface area contributed by atoms with E-state index in [0.29, 0.717) is 12.1 Å². The van der Waals surface area contributed by atoms with Gasteiger partial charge in [0.25, 0.3) is 5.91 Å². The molecule has 0 aromatic carbocycles. The van der Waals surface area contributed by atoms with Crippen LogP contribution in [0.15, 0.2) is 12.3 Å². The lowest BCUT2D eigenvalue weighted by Gasteiger charge is -2.08. The second-order valence-corrected chi connectivity index (χ2v) is 3.07. The summed E-state index contributed by atoms with van der Waals surface area (Å²) in [4.78, 5) is 15.2. The first-order chi connectivity index (χ1) is 7.54. The molecule has 1 aromatic heterocycles. The molecule has 1 N–H and O–H groups in total. The van der Waals surface area contributed by atoms with Gasteiger partial charge in [0.15, 0.2) is 0 Å². The number of ether oxygens (including phenoxy) is 1. The minimum absolute atomic E-state index is 0.0550. The highest BCUT2D eigenvalue weighted by Gasteiger charge is 2.12. The second-order valence-electron chi connectivity index (χ2n) is 3.07. The summed E-state index contributed by atoms with van der Waals surface area (Å²) in [7, 11) is 0. The van der Waals surface area contributed by atoms with Gasteiger partial charge < -0.3 is 10.1 Å². The highest BCUT2D eigenvalue weighted by Crippen LogP contribution is 2.16. The van der Waals surface area contributed by atoms with Gasteiger partial charge in [-0.1, -0.05) is 0 Å². The van der Waals surface area contributed by atoms with Gasteiger partial charge in [-0.3, -0.25) is 4.79 Å². The lowest BCUT2D eigenvalue weighted by Crippen LogP contribution is -2.24. The number of hydrogen-bond acceptors (Lipinski definition) is 3. The highest BCUT2D eigenvalue weighted by atomic mass is 19.3. The van der Waals surface area contributed by atoms with Crippen LogP contribution in [0.3, 0.4) is 0 Å². The van der Waals surface area contributed by atoms with Crippen molar-refractivity contribution in [3.8, 4) is 5.75 Å². The number of carbonyl (C=O) groups is 1. The van der Waals surface area contributed by atoms with Gasteiger partial charge >= 0.3 is 6.61 Å². The highest BCUT2D eigenvalue weighted by molar-refractivity contribution is 5.93. The molecule has 0 bridgehead atoms. The number of pyridine rings is 1. The molecule has 0 radical (unpaired) electrons. The van der Waals surface area contributed by atoms with Crippen molar-refractivity contribution in [1.29, 1.82) is 0 Å². The Kier molecular flexibility index (Phi) is 4.16. The molecule has 0 aliphatic rings. The third kappa shape index (κ3) is 3.15. The van der Waals surface area contributed by atoms with Crippen LogP contribution in [0.2, 0.25) is 0 Å². The van der Waals surface area contributed by atoms with E-state index in [-0.39, 0.29) is 17.4 Å². The molecule has 0 atom stereocenters. The summed E-state index contributed by atoms with van der Waals surface area (Å²) in [5, 5.41) is 2.57. The van der Waals surface area contributed by atoms with Crippen molar-refractivity contribution in [1.82, 2.24) is 10.3 Å². The van der Waals surface area contributed by atoms with Gasteiger partial charge in [-0.15, -0.1) is 0 Å². The third-order valence-electron chi connectivity index (χ3n) is 1.83. The van der Waals surface area contributed by atoms with E-state index in [1.165, 1.54) is 6.07 Å². The number of alkyl halides is 2. The van der Waals surface area contributed by atoms with Gasteiger partial charge in [0.1, 0.15) is 11.4 Å². The van der Waals surface area contributed by atoms with Gasteiger partial charge in [0, 0.05) is 6.54 Å². The second kappa shape index (κ2) is 5.39. The smallest absolute Gasteiger partial charge is 0.387 e. The molecule has 0 saturated heterocycles. The summed E-state index contributed by atoms with van der Waals surface area (Å²) in [6, 6.07) is 1.35. The van der Waals surface area contributed by atoms with Crippen LogP contribution >= 0.6 is 0 Å². The van der Waals surface area contributed by atoms with Crippen LogP contribution in [-0.4, -0.2) is 24.0 Å². The summed E-state index contributed by atoms with van der Waals surface area (Å²) in [5.74, 6) is -0.385. The molecular weight excluding hydrogens is 218 g/mol. The van der Waals surface area contributed by atoms with Gasteiger partial charge in [0.05, 0.1) is 6.20 Å². The van der Waals surface area contributed by atoms with E-state index in [9.17, 15) is 13.6 Å². The standard InChI is InChI=1S/C10H12F2N2O2/c1-3-13-9(15)8-6(2)4-7(5-14-8)16-10(11)12/h4-5,10H,3H2,1-2H3,(H,13,15). The molecule has 0 aliphatic heterocycles. The van der Waals surface area contributed by atoms with E-state index in [0.717, 1.165) is 6.20 Å². The first-order valence-corrected chi connectivity index (χ1v) is 4.74. The fourth-order valence-electron chi connectivity index (χ4n) is 1.20. The Morgan fingerprint density at radius 3 is 2.81 bits per heavy atom. The first kappa shape index (κ1) is 12.4. The molecule has 88 valence electrons. The molecule has 16 heavy (non-hydrogen) atoms. The number of amides is 1. The van der Waals surface area contributed by atoms with Crippen LogP contribution in [0.25, 0.3) is 0 Å². The molecule has 0 fully saturated rings. The summed E-state index contributed by atoms with van der Waals surface area (Å²) < 4.78 is 28.0. The number of carbonyl (C=O) groups excluding carboxylic acids is 1. The Bertz CT molecular complexity index is 383. The van der Waals surface area contributed by atoms with E-state index in [1.54, 1.807) is 13.8 Å². The fourth-order valence-corrected chi connectivity index (χ4v) is 1.20. The lowest BCUT2D eigenvalue weighted by atomic mass is 10.2. The maximum Gasteiger partial charge on any atom is 0.387 e. The zero-order valence-electron chi connectivity index (χ0n) is 8.96. The summed E-state index contributed by atoms with van der Waals surface area (Å²) >= 11 is 0. The van der Waals surface area contributed by atoms with Crippen molar-refractivity contribution in [3.63, 3.8) is 0 Å². The number of halogens is 2. The van der Waals surface area contributed by atoms with Crippen LogP contribution in [0.4, 0.5) is 8.78 Å². The van der Waals surface area contributed by atoms with Gasteiger partial charge in [-0.25, -0.2) is 4.98 Å². The molecule has 1 amide bonds. The molecule has 0 aliphatic carbocycles. The predicted molar refractivity (Wildman–Crippen MR) is 53.6 cm³/mol. The molecule has 4 nitrogen and oxygen atoms in total. The number of aryl methyl sites for hydroxylation is 1. The molecule has 1 heterocycles. The average molecular weight is 230 g/mol. The summed E-state index contributed by atoms with van der Waals surface area (Å²) in [6.07, 6.45) is 1.10. The fraction of sp³-hybridized carbons (Fsp3) is 0.400. The molecule has 0 saturated carbocycles. The minimum Gasteiger partial charge on any atom is -0.433 e. The monoisotopic (exact) mass is 230 g/mol. The van der Waals surface area contributed by atoms with Crippen molar-refractivity contribution < 1.29 is 18.3 Å². The van der Waals surface area contributed by atoms with Crippen molar-refractivity contribution in [3.05, 3.63) is 23.5 Å². The quantitative estimate of drug-likeness (QED) is 0.857. The van der Waals surface area contributed by atoms with E-state index in [2.05, 4.69) is 15.0 Å². The number of rotatable bonds is 4. The minimum atomic E-state index is -2.89. The van der Waals surface area contributed by atoms with Crippen molar-refractivity contribution in [2.75, 3.05) is 6.54 Å². The summed E-state index contributed by atoms with van der Waals surface area (Å²) in [5.41, 5.74) is 0.701. The predicted octanol–water partition coefficient (Wildman–Crippen LogP) is 1.74. The van der Waals surface area contributed by atoms with Gasteiger partial charge in [-0.2, -0.15) is 8.78 Å². The summed E-state index contributed by atoms with van der Waals surface area (Å²) in [6.45, 7) is 0.976. The molecular formula is C10H12F2N2O2. The molecule has 6 heteroatoms. The van der Waals surface area contributed by atoms with Crippen LogP contribution in [-0.2, 0) is 0 Å². The topological polar surface area (TPSA) is 51.2 Å². The average Bonchev–Trinajstić information content (AvgIpc) is 2.16. The molecule has 1 aromatic rings. The number of hydrogen-bond donors (Lipinski definition) is 1. The first-order valence-electron chi connectivity index (χ1n) is 4.74. The van der Waals surface area contributed by atoms with E-state index >= 15 is 0 Å². The Morgan fingerprint density at radius 1 is 1.62 bits per heavy atom. The van der Waals surface area contributed by atoms with E-state index in [4.69, 9.17) is 0 Å². The van der Waals surface area contributed by atoms with Gasteiger partial charge in [-0.05, 0) is 25.5 Å². The lowest BCUT2D eigenvalue weighted by molar-refractivity contribution is -0.0501. The van der Waals surface area contributed by atoms with Crippen LogP contribution in [0.5, 0.6) is 5.75 Å². The Balaban J connectivity index is 2.87. The van der Waals surface area contributed by atoms with Crippen molar-refractivity contribution in [2.24, 2.45) is 0 Å². The maximum absolute atomic E-state index is 11.9. The maximum atomic E-state index is 11.9. The van der Waals surface area contributed by atoms with Crippen LogP contribution < -0.4 is 10.1 Å². The van der Waals surface area contributed by atoms with Crippen molar-refractivity contribution >= 4 is 5.91 Å². The Labute approximate surface area is 91.6 Å². The van der Waals surface area contributed by atoms with Crippen molar-refractivity contribution in [2.45, 2.75) is 20.5 Å². The SMILES string of the molecule is CCNC(=O)c1ncc(OC(F)F)cc1C. The van der Waals surface area contributed by atoms with Crippen LogP contribution in [0, 0.1) is 6.92 Å². The Hall–Kier alpha value is -1.72.